The number of nitrogens with zero attached hydrogens (tertiary/aromatic N) is 2. The lowest BCUT2D eigenvalue weighted by atomic mass is 10.1. The van der Waals surface area contributed by atoms with Crippen molar-refractivity contribution in [3.63, 3.8) is 0 Å². The molecule has 0 radical (unpaired) electrons. The molecule has 1 heterocycles. The van der Waals surface area contributed by atoms with Gasteiger partial charge in [0.15, 0.2) is 0 Å². The zero-order valence-corrected chi connectivity index (χ0v) is 14.5. The van der Waals surface area contributed by atoms with E-state index in [1.54, 1.807) is 47.9 Å². The Bertz CT molecular complexity index is 661. The summed E-state index contributed by atoms with van der Waals surface area (Å²) in [5.41, 5.74) is 0.993. The molecular formula is C18H22N2O5. The van der Waals surface area contributed by atoms with Crippen LogP contribution in [0, 0.1) is 0 Å². The third kappa shape index (κ3) is 4.82. The lowest BCUT2D eigenvalue weighted by Gasteiger charge is -2.35. The number of piperazine rings is 1. The van der Waals surface area contributed by atoms with Crippen LogP contribution in [0.15, 0.2) is 36.4 Å². The fourth-order valence-corrected chi connectivity index (χ4v) is 2.47. The van der Waals surface area contributed by atoms with E-state index in [4.69, 9.17) is 9.47 Å². The Hall–Kier alpha value is -2.83. The Balaban J connectivity index is 1.92. The highest BCUT2D eigenvalue weighted by molar-refractivity contribution is 5.95. The van der Waals surface area contributed by atoms with Gasteiger partial charge in [0.1, 0.15) is 5.75 Å². The molecule has 1 aliphatic heterocycles. The summed E-state index contributed by atoms with van der Waals surface area (Å²) in [5.74, 6) is 0.115. The zero-order valence-electron chi connectivity index (χ0n) is 14.5. The van der Waals surface area contributed by atoms with Crippen molar-refractivity contribution in [1.29, 1.82) is 0 Å². The van der Waals surface area contributed by atoms with E-state index in [2.05, 4.69) is 6.58 Å². The summed E-state index contributed by atoms with van der Waals surface area (Å²) in [4.78, 5) is 39.1. The summed E-state index contributed by atoms with van der Waals surface area (Å²) in [6.07, 6.45) is -0.778. The van der Waals surface area contributed by atoms with Gasteiger partial charge in [0.2, 0.25) is 5.91 Å². The van der Waals surface area contributed by atoms with Crippen LogP contribution in [0.3, 0.4) is 0 Å². The molecule has 1 aromatic rings. The van der Waals surface area contributed by atoms with Gasteiger partial charge in [0, 0.05) is 37.3 Å². The van der Waals surface area contributed by atoms with Gasteiger partial charge in [-0.05, 0) is 38.1 Å². The number of hydrogen-bond acceptors (Lipinski definition) is 5. The summed E-state index contributed by atoms with van der Waals surface area (Å²) in [6, 6.07) is 6.29. The van der Waals surface area contributed by atoms with Gasteiger partial charge in [-0.25, -0.2) is 4.79 Å². The zero-order chi connectivity index (χ0) is 18.4. The van der Waals surface area contributed by atoms with Crippen molar-refractivity contribution < 1.29 is 23.9 Å². The number of benzene rings is 1. The molecule has 0 spiro atoms. The third-order valence-corrected chi connectivity index (χ3v) is 3.78. The molecule has 2 amide bonds. The quantitative estimate of drug-likeness (QED) is 0.474. The fraction of sp³-hybridized carbons (Fsp3) is 0.389. The summed E-state index contributed by atoms with van der Waals surface area (Å²) in [5, 5.41) is 0. The lowest BCUT2D eigenvalue weighted by Crippen LogP contribution is -2.50. The van der Waals surface area contributed by atoms with Crippen LogP contribution in [0.1, 0.15) is 24.2 Å². The van der Waals surface area contributed by atoms with Crippen molar-refractivity contribution in [3.05, 3.63) is 42.0 Å². The molecule has 25 heavy (non-hydrogen) atoms. The standard InChI is InChI=1S/C18H22N2O5/c1-4-24-18(23)25-15-7-5-14(6-8-15)17(22)20-11-9-19(10-12-20)16(21)13(2)3/h5-8H,2,4,9-12H2,1,3H3. The van der Waals surface area contributed by atoms with E-state index in [-0.39, 0.29) is 18.4 Å². The van der Waals surface area contributed by atoms with Crippen LogP contribution in [0.25, 0.3) is 0 Å². The predicted molar refractivity (Wildman–Crippen MR) is 91.4 cm³/mol. The first kappa shape index (κ1) is 18.5. The highest BCUT2D eigenvalue weighted by Crippen LogP contribution is 2.16. The number of rotatable bonds is 4. The van der Waals surface area contributed by atoms with Crippen LogP contribution in [0.2, 0.25) is 0 Å². The monoisotopic (exact) mass is 346 g/mol. The molecule has 0 N–H and O–H groups in total. The van der Waals surface area contributed by atoms with Gasteiger partial charge in [0.25, 0.3) is 5.91 Å². The Kier molecular flexibility index (Phi) is 6.16. The molecule has 7 nitrogen and oxygen atoms in total. The molecule has 0 saturated carbocycles. The number of amides is 2. The lowest BCUT2D eigenvalue weighted by molar-refractivity contribution is -0.128. The number of carbonyl (C=O) groups excluding carboxylic acids is 3. The predicted octanol–water partition coefficient (Wildman–Crippen LogP) is 2.08. The molecule has 0 atom stereocenters. The van der Waals surface area contributed by atoms with E-state index in [1.807, 2.05) is 0 Å². The average molecular weight is 346 g/mol. The topological polar surface area (TPSA) is 76.2 Å². The van der Waals surface area contributed by atoms with E-state index in [0.717, 1.165) is 0 Å². The molecule has 7 heteroatoms. The first-order chi connectivity index (χ1) is 11.9. The summed E-state index contributed by atoms with van der Waals surface area (Å²) in [6.45, 7) is 9.17. The Morgan fingerprint density at radius 1 is 1.04 bits per heavy atom. The fourth-order valence-electron chi connectivity index (χ4n) is 2.47. The minimum Gasteiger partial charge on any atom is -0.434 e. The van der Waals surface area contributed by atoms with Gasteiger partial charge in [-0.3, -0.25) is 9.59 Å². The smallest absolute Gasteiger partial charge is 0.434 e. The molecule has 134 valence electrons. The molecule has 0 unspecified atom stereocenters. The third-order valence-electron chi connectivity index (χ3n) is 3.78. The second kappa shape index (κ2) is 8.32. The molecule has 0 aromatic heterocycles. The minimum atomic E-state index is -0.778. The number of hydrogen-bond donors (Lipinski definition) is 0. The molecule has 1 aromatic carbocycles. The average Bonchev–Trinajstić information content (AvgIpc) is 2.61. The Labute approximate surface area is 146 Å². The maximum absolute atomic E-state index is 12.5. The first-order valence-corrected chi connectivity index (χ1v) is 8.11. The molecular weight excluding hydrogens is 324 g/mol. The summed E-state index contributed by atoms with van der Waals surface area (Å²) < 4.78 is 9.65. The summed E-state index contributed by atoms with van der Waals surface area (Å²) >= 11 is 0. The van der Waals surface area contributed by atoms with Gasteiger partial charge >= 0.3 is 6.16 Å². The Morgan fingerprint density at radius 2 is 1.60 bits per heavy atom. The van der Waals surface area contributed by atoms with Crippen molar-refractivity contribution in [2.45, 2.75) is 13.8 Å². The Morgan fingerprint density at radius 3 is 2.12 bits per heavy atom. The molecule has 1 saturated heterocycles. The van der Waals surface area contributed by atoms with Crippen LogP contribution in [-0.2, 0) is 9.53 Å². The van der Waals surface area contributed by atoms with Crippen LogP contribution in [-0.4, -0.2) is 60.6 Å². The highest BCUT2D eigenvalue weighted by Gasteiger charge is 2.25. The summed E-state index contributed by atoms with van der Waals surface area (Å²) in [7, 11) is 0. The van der Waals surface area contributed by atoms with Crippen LogP contribution in [0.5, 0.6) is 5.75 Å². The van der Waals surface area contributed by atoms with Gasteiger partial charge in [-0.1, -0.05) is 6.58 Å². The van der Waals surface area contributed by atoms with Crippen molar-refractivity contribution >= 4 is 18.0 Å². The first-order valence-electron chi connectivity index (χ1n) is 8.11. The highest BCUT2D eigenvalue weighted by atomic mass is 16.7. The van der Waals surface area contributed by atoms with Crippen molar-refractivity contribution in [2.75, 3.05) is 32.8 Å². The maximum Gasteiger partial charge on any atom is 0.513 e. The van der Waals surface area contributed by atoms with Crippen molar-refractivity contribution in [2.24, 2.45) is 0 Å². The SMILES string of the molecule is C=C(C)C(=O)N1CCN(C(=O)c2ccc(OC(=O)OCC)cc2)CC1. The van der Waals surface area contributed by atoms with Gasteiger partial charge < -0.3 is 19.3 Å². The van der Waals surface area contributed by atoms with Crippen molar-refractivity contribution in [3.8, 4) is 5.75 Å². The second-order valence-corrected chi connectivity index (χ2v) is 5.67. The van der Waals surface area contributed by atoms with Crippen molar-refractivity contribution in [1.82, 2.24) is 9.80 Å². The van der Waals surface area contributed by atoms with Gasteiger partial charge in [-0.2, -0.15) is 0 Å². The van der Waals surface area contributed by atoms with Crippen LogP contribution in [0.4, 0.5) is 4.79 Å². The normalized spacial score (nSPS) is 14.0. The van der Waals surface area contributed by atoms with Crippen LogP contribution < -0.4 is 4.74 Å². The molecule has 0 aliphatic carbocycles. The molecule has 0 bridgehead atoms. The number of carbonyl (C=O) groups is 3. The molecule has 1 fully saturated rings. The van der Waals surface area contributed by atoms with Gasteiger partial charge in [0.05, 0.1) is 6.61 Å². The number of ether oxygens (including phenoxy) is 2. The van der Waals surface area contributed by atoms with E-state index in [1.165, 1.54) is 0 Å². The van der Waals surface area contributed by atoms with E-state index in [9.17, 15) is 14.4 Å². The second-order valence-electron chi connectivity index (χ2n) is 5.67. The van der Waals surface area contributed by atoms with E-state index in [0.29, 0.717) is 43.1 Å². The van der Waals surface area contributed by atoms with Gasteiger partial charge in [-0.15, -0.1) is 0 Å². The van der Waals surface area contributed by atoms with E-state index >= 15 is 0 Å². The maximum atomic E-state index is 12.5. The molecule has 2 rings (SSSR count). The largest absolute Gasteiger partial charge is 0.513 e. The minimum absolute atomic E-state index is 0.0763. The van der Waals surface area contributed by atoms with Crippen LogP contribution >= 0.6 is 0 Å². The molecule has 1 aliphatic rings. The van der Waals surface area contributed by atoms with E-state index < -0.39 is 6.16 Å².